The lowest BCUT2D eigenvalue weighted by molar-refractivity contribution is -0.117. The van der Waals surface area contributed by atoms with Gasteiger partial charge in [-0.15, -0.1) is 10.2 Å². The molecule has 0 aliphatic rings. The fraction of sp³-hybridized carbons (Fsp3) is 0.148. The number of halogens is 2. The predicted octanol–water partition coefficient (Wildman–Crippen LogP) is 6.77. The third kappa shape index (κ3) is 6.49. The number of hydrogen-bond donors (Lipinski definition) is 1. The Hall–Kier alpha value is -3.26. The molecule has 1 unspecified atom stereocenters. The molecule has 4 rings (SSSR count). The van der Waals surface area contributed by atoms with Crippen LogP contribution < -0.4 is 10.1 Å². The SMILES string of the molecule is COc1cccc(CSc2nnc(C(C)NC(=O)C=Cc3ccccc3)n2-c2cc(Cl)ccc2Cl)c1. The highest BCUT2D eigenvalue weighted by molar-refractivity contribution is 7.98. The Bertz CT molecular complexity index is 1380. The van der Waals surface area contributed by atoms with Crippen LogP contribution in [-0.4, -0.2) is 27.8 Å². The molecular formula is C27H24Cl2N4O2S. The van der Waals surface area contributed by atoms with Crippen molar-refractivity contribution in [2.24, 2.45) is 0 Å². The van der Waals surface area contributed by atoms with Crippen molar-refractivity contribution < 1.29 is 9.53 Å². The number of nitrogens with zero attached hydrogens (tertiary/aromatic N) is 3. The van der Waals surface area contributed by atoms with Gasteiger partial charge < -0.3 is 10.1 Å². The number of hydrogen-bond acceptors (Lipinski definition) is 5. The van der Waals surface area contributed by atoms with Gasteiger partial charge in [0.15, 0.2) is 11.0 Å². The van der Waals surface area contributed by atoms with E-state index in [2.05, 4.69) is 15.5 Å². The molecule has 36 heavy (non-hydrogen) atoms. The number of benzene rings is 3. The van der Waals surface area contributed by atoms with E-state index in [9.17, 15) is 4.79 Å². The number of ether oxygens (including phenoxy) is 1. The van der Waals surface area contributed by atoms with E-state index in [1.54, 1.807) is 31.4 Å². The summed E-state index contributed by atoms with van der Waals surface area (Å²) in [5.74, 6) is 1.71. The summed E-state index contributed by atoms with van der Waals surface area (Å²) in [6.45, 7) is 1.85. The van der Waals surface area contributed by atoms with Crippen molar-refractivity contribution in [1.29, 1.82) is 0 Å². The summed E-state index contributed by atoms with van der Waals surface area (Å²) >= 11 is 14.4. The molecule has 3 aromatic carbocycles. The minimum atomic E-state index is -0.452. The Morgan fingerprint density at radius 1 is 1.08 bits per heavy atom. The molecule has 1 atom stereocenters. The summed E-state index contributed by atoms with van der Waals surface area (Å²) in [4.78, 5) is 12.6. The van der Waals surface area contributed by atoms with E-state index in [1.165, 1.54) is 17.8 Å². The molecule has 0 aliphatic heterocycles. The van der Waals surface area contributed by atoms with Crippen molar-refractivity contribution in [1.82, 2.24) is 20.1 Å². The van der Waals surface area contributed by atoms with Crippen LogP contribution in [0, 0.1) is 0 Å². The van der Waals surface area contributed by atoms with Gasteiger partial charge >= 0.3 is 0 Å². The second kappa shape index (κ2) is 12.1. The fourth-order valence-corrected chi connectivity index (χ4v) is 4.77. The zero-order valence-corrected chi connectivity index (χ0v) is 22.0. The standard InChI is InChI=1S/C27H24Cl2N4O2S/c1-18(30-25(34)14-11-19-7-4-3-5-8-19)26-31-32-27(33(26)24-16-21(28)12-13-23(24)29)36-17-20-9-6-10-22(15-20)35-2/h3-16,18H,17H2,1-2H3,(H,30,34). The molecule has 4 aromatic rings. The molecule has 1 N–H and O–H groups in total. The zero-order valence-electron chi connectivity index (χ0n) is 19.7. The van der Waals surface area contributed by atoms with Crippen molar-refractivity contribution in [2.75, 3.05) is 7.11 Å². The largest absolute Gasteiger partial charge is 0.497 e. The maximum Gasteiger partial charge on any atom is 0.244 e. The monoisotopic (exact) mass is 538 g/mol. The summed E-state index contributed by atoms with van der Waals surface area (Å²) < 4.78 is 7.17. The molecule has 0 fully saturated rings. The van der Waals surface area contributed by atoms with Crippen LogP contribution in [-0.2, 0) is 10.5 Å². The van der Waals surface area contributed by atoms with E-state index in [0.29, 0.717) is 32.5 Å². The Morgan fingerprint density at radius 3 is 2.67 bits per heavy atom. The molecule has 0 bridgehead atoms. The summed E-state index contributed by atoms with van der Waals surface area (Å²) in [5.41, 5.74) is 2.64. The Morgan fingerprint density at radius 2 is 1.89 bits per heavy atom. The van der Waals surface area contributed by atoms with E-state index < -0.39 is 6.04 Å². The average Bonchev–Trinajstić information content (AvgIpc) is 3.32. The van der Waals surface area contributed by atoms with Gasteiger partial charge in [-0.1, -0.05) is 77.4 Å². The van der Waals surface area contributed by atoms with E-state index in [0.717, 1.165) is 16.9 Å². The van der Waals surface area contributed by atoms with E-state index in [4.69, 9.17) is 27.9 Å². The molecule has 0 saturated carbocycles. The van der Waals surface area contributed by atoms with Crippen LogP contribution in [0.2, 0.25) is 10.0 Å². The van der Waals surface area contributed by atoms with Gasteiger partial charge in [0.05, 0.1) is 23.9 Å². The molecule has 6 nitrogen and oxygen atoms in total. The number of carbonyl (C=O) groups is 1. The first-order valence-electron chi connectivity index (χ1n) is 11.1. The van der Waals surface area contributed by atoms with Crippen LogP contribution >= 0.6 is 35.0 Å². The molecule has 0 radical (unpaired) electrons. The van der Waals surface area contributed by atoms with Gasteiger partial charge in [-0.25, -0.2) is 0 Å². The Labute approximate surface area is 224 Å². The topological polar surface area (TPSA) is 69.0 Å². The summed E-state index contributed by atoms with van der Waals surface area (Å²) in [6, 6.07) is 22.2. The highest BCUT2D eigenvalue weighted by atomic mass is 35.5. The van der Waals surface area contributed by atoms with Crippen LogP contribution in [0.4, 0.5) is 0 Å². The van der Waals surface area contributed by atoms with Gasteiger partial charge in [-0.05, 0) is 54.5 Å². The van der Waals surface area contributed by atoms with Crippen LogP contribution in [0.25, 0.3) is 11.8 Å². The molecule has 9 heteroatoms. The third-order valence-corrected chi connectivity index (χ3v) is 6.84. The first kappa shape index (κ1) is 25.8. The minimum Gasteiger partial charge on any atom is -0.497 e. The lowest BCUT2D eigenvalue weighted by atomic mass is 10.2. The first-order valence-corrected chi connectivity index (χ1v) is 12.9. The highest BCUT2D eigenvalue weighted by Gasteiger charge is 2.22. The lowest BCUT2D eigenvalue weighted by Gasteiger charge is -2.17. The van der Waals surface area contributed by atoms with Gasteiger partial charge in [-0.2, -0.15) is 0 Å². The quantitative estimate of drug-likeness (QED) is 0.188. The molecule has 0 aliphatic carbocycles. The lowest BCUT2D eigenvalue weighted by Crippen LogP contribution is -2.27. The number of rotatable bonds is 9. The average molecular weight is 539 g/mol. The zero-order chi connectivity index (χ0) is 25.5. The van der Waals surface area contributed by atoms with Crippen LogP contribution in [0.1, 0.15) is 29.9 Å². The van der Waals surface area contributed by atoms with Crippen molar-refractivity contribution in [3.63, 3.8) is 0 Å². The van der Waals surface area contributed by atoms with Crippen LogP contribution in [0.15, 0.2) is 84.0 Å². The Balaban J connectivity index is 1.60. The second-order valence-electron chi connectivity index (χ2n) is 7.89. The maximum absolute atomic E-state index is 12.6. The molecule has 184 valence electrons. The van der Waals surface area contributed by atoms with Crippen LogP contribution in [0.3, 0.4) is 0 Å². The number of thioether (sulfide) groups is 1. The van der Waals surface area contributed by atoms with Gasteiger partial charge in [0, 0.05) is 16.9 Å². The second-order valence-corrected chi connectivity index (χ2v) is 9.67. The van der Waals surface area contributed by atoms with Crippen molar-refractivity contribution >= 4 is 46.9 Å². The number of carbonyl (C=O) groups excluding carboxylic acids is 1. The first-order chi connectivity index (χ1) is 17.4. The van der Waals surface area contributed by atoms with Crippen molar-refractivity contribution in [3.05, 3.63) is 106 Å². The van der Waals surface area contributed by atoms with E-state index in [1.807, 2.05) is 66.1 Å². The normalized spacial score (nSPS) is 12.0. The van der Waals surface area contributed by atoms with Crippen molar-refractivity contribution in [2.45, 2.75) is 23.9 Å². The summed E-state index contributed by atoms with van der Waals surface area (Å²) in [6.07, 6.45) is 3.26. The van der Waals surface area contributed by atoms with Gasteiger partial charge in [-0.3, -0.25) is 9.36 Å². The number of methoxy groups -OCH3 is 1. The van der Waals surface area contributed by atoms with Crippen LogP contribution in [0.5, 0.6) is 5.75 Å². The van der Waals surface area contributed by atoms with Gasteiger partial charge in [0.1, 0.15) is 5.75 Å². The predicted molar refractivity (Wildman–Crippen MR) is 146 cm³/mol. The number of amides is 1. The molecule has 1 aromatic heterocycles. The Kier molecular flexibility index (Phi) is 8.70. The summed E-state index contributed by atoms with van der Waals surface area (Å²) in [7, 11) is 1.64. The number of nitrogens with one attached hydrogen (secondary N) is 1. The molecule has 1 heterocycles. The maximum atomic E-state index is 12.6. The smallest absolute Gasteiger partial charge is 0.244 e. The highest BCUT2D eigenvalue weighted by Crippen LogP contribution is 2.32. The van der Waals surface area contributed by atoms with E-state index >= 15 is 0 Å². The van der Waals surface area contributed by atoms with Crippen molar-refractivity contribution in [3.8, 4) is 11.4 Å². The minimum absolute atomic E-state index is 0.247. The molecular weight excluding hydrogens is 515 g/mol. The number of aromatic nitrogens is 3. The van der Waals surface area contributed by atoms with Gasteiger partial charge in [0.25, 0.3) is 0 Å². The molecule has 0 saturated heterocycles. The van der Waals surface area contributed by atoms with Gasteiger partial charge in [0.2, 0.25) is 5.91 Å². The molecule has 0 spiro atoms. The van der Waals surface area contributed by atoms with E-state index in [-0.39, 0.29) is 5.91 Å². The summed E-state index contributed by atoms with van der Waals surface area (Å²) in [5, 5.41) is 13.4. The molecule has 1 amide bonds. The fourth-order valence-electron chi connectivity index (χ4n) is 3.51. The third-order valence-electron chi connectivity index (χ3n) is 5.28.